The molecule has 3 aliphatic carbocycles. The Balaban J connectivity index is 0.000000178. The Morgan fingerprint density at radius 2 is 0.733 bits per heavy atom. The summed E-state index contributed by atoms with van der Waals surface area (Å²) in [6.07, 6.45) is 17.9. The summed E-state index contributed by atoms with van der Waals surface area (Å²) < 4.78 is 55.8. The molecule has 0 saturated heterocycles. The van der Waals surface area contributed by atoms with E-state index in [1.165, 1.54) is 57.8 Å². The average molecular weight is 655 g/mol. The molecule has 0 aromatic heterocycles. The maximum absolute atomic E-state index is 13.7. The van der Waals surface area contributed by atoms with Crippen LogP contribution in [0.5, 0.6) is 17.2 Å². The van der Waals surface area contributed by atoms with Gasteiger partial charge in [-0.05, 0) is 74.9 Å². The molecule has 3 aromatic rings. The lowest BCUT2D eigenvalue weighted by Crippen LogP contribution is -2.26. The average Bonchev–Trinajstić information content (AvgIpc) is 3.07. The second-order valence-corrected chi connectivity index (χ2v) is 15.9. The predicted octanol–water partition coefficient (Wildman–Crippen LogP) is 11.5. The van der Waals surface area contributed by atoms with Crippen LogP contribution in [0.2, 0.25) is 0 Å². The lowest BCUT2D eigenvalue weighted by Gasteiger charge is -2.36. The Hall–Kier alpha value is -2.56. The minimum Gasteiger partial charge on any atom is -0.386 e. The standard InChI is InChI=1S/C18H15O4P.C18H33O3P/c19-23(20-16-10-4-1-5-11-16,21-17-12-6-2-7-13-17)22-18-14-8-3-9-15-18;19-22(18-14-8-3-9-15-18,20-16-10-4-1-5-11-16)21-17-12-6-2-7-13-17/h1-15H;16-18H,1-15H2. The van der Waals surface area contributed by atoms with Crippen molar-refractivity contribution in [3.8, 4) is 17.2 Å². The molecule has 0 atom stereocenters. The first-order valence-corrected chi connectivity index (χ1v) is 19.9. The third-order valence-corrected chi connectivity index (χ3v) is 12.5. The van der Waals surface area contributed by atoms with Gasteiger partial charge in [0.25, 0.3) is 0 Å². The molecule has 0 spiro atoms. The molecule has 0 aliphatic heterocycles. The van der Waals surface area contributed by atoms with E-state index < -0.39 is 15.4 Å². The number of benzene rings is 3. The van der Waals surface area contributed by atoms with Crippen molar-refractivity contribution in [3.63, 3.8) is 0 Å². The molecule has 0 radical (unpaired) electrons. The minimum atomic E-state index is -3.89. The molecule has 0 bridgehead atoms. The predicted molar refractivity (Wildman–Crippen MR) is 179 cm³/mol. The van der Waals surface area contributed by atoms with Crippen molar-refractivity contribution in [2.75, 3.05) is 0 Å². The summed E-state index contributed by atoms with van der Waals surface area (Å²) in [7, 11) is -6.82. The van der Waals surface area contributed by atoms with Crippen LogP contribution < -0.4 is 13.6 Å². The van der Waals surface area contributed by atoms with Gasteiger partial charge in [-0.3, -0.25) is 4.57 Å². The van der Waals surface area contributed by atoms with E-state index in [0.29, 0.717) is 17.2 Å². The fraction of sp³-hybridized carbons (Fsp3) is 0.500. The van der Waals surface area contributed by atoms with Crippen LogP contribution >= 0.6 is 15.4 Å². The van der Waals surface area contributed by atoms with Gasteiger partial charge >= 0.3 is 15.4 Å². The highest BCUT2D eigenvalue weighted by Gasteiger charge is 2.41. The van der Waals surface area contributed by atoms with Gasteiger partial charge in [-0.2, -0.15) is 4.57 Å². The van der Waals surface area contributed by atoms with E-state index in [9.17, 15) is 9.13 Å². The Morgan fingerprint density at radius 3 is 1.07 bits per heavy atom. The highest BCUT2D eigenvalue weighted by atomic mass is 31.2. The van der Waals surface area contributed by atoms with Gasteiger partial charge in [-0.15, -0.1) is 0 Å². The minimum absolute atomic E-state index is 0.171. The molecule has 3 saturated carbocycles. The fourth-order valence-corrected chi connectivity index (χ4v) is 10.1. The van der Waals surface area contributed by atoms with Crippen LogP contribution in [0.15, 0.2) is 91.0 Å². The van der Waals surface area contributed by atoms with Crippen LogP contribution in [0.1, 0.15) is 96.3 Å². The van der Waals surface area contributed by atoms with Crippen molar-refractivity contribution in [3.05, 3.63) is 91.0 Å². The van der Waals surface area contributed by atoms with Crippen molar-refractivity contribution in [1.29, 1.82) is 0 Å². The zero-order valence-corrected chi connectivity index (χ0v) is 28.0. The number of phosphoric acid groups is 1. The van der Waals surface area contributed by atoms with E-state index in [1.807, 2.05) is 18.2 Å². The smallest absolute Gasteiger partial charge is 0.386 e. The molecule has 3 aliphatic rings. The molecule has 0 heterocycles. The van der Waals surface area contributed by atoms with Crippen LogP contribution in [0, 0.1) is 0 Å². The third kappa shape index (κ3) is 11.0. The van der Waals surface area contributed by atoms with Crippen molar-refractivity contribution < 1.29 is 31.7 Å². The van der Waals surface area contributed by atoms with Gasteiger partial charge in [0.2, 0.25) is 0 Å². The Bertz CT molecular complexity index is 1210. The zero-order valence-electron chi connectivity index (χ0n) is 26.3. The van der Waals surface area contributed by atoms with E-state index in [1.54, 1.807) is 72.8 Å². The quantitative estimate of drug-likeness (QED) is 0.190. The Labute approximate surface area is 269 Å². The molecule has 3 fully saturated rings. The first-order chi connectivity index (χ1) is 22.0. The van der Waals surface area contributed by atoms with Gasteiger partial charge < -0.3 is 22.6 Å². The van der Waals surface area contributed by atoms with Crippen molar-refractivity contribution in [2.24, 2.45) is 0 Å². The number of phosphoric ester groups is 1. The van der Waals surface area contributed by atoms with Crippen LogP contribution in [-0.4, -0.2) is 17.9 Å². The van der Waals surface area contributed by atoms with E-state index in [0.717, 1.165) is 38.5 Å². The molecule has 45 heavy (non-hydrogen) atoms. The SMILES string of the molecule is O=P(OC1CCCCC1)(OC1CCCCC1)C1CCCCC1.O=P(Oc1ccccc1)(Oc1ccccc1)Oc1ccccc1. The summed E-state index contributed by atoms with van der Waals surface area (Å²) in [6.45, 7) is 0. The van der Waals surface area contributed by atoms with Crippen LogP contribution in [0.25, 0.3) is 0 Å². The second-order valence-electron chi connectivity index (χ2n) is 12.2. The molecular formula is C36H48O7P2. The van der Waals surface area contributed by atoms with Gasteiger partial charge in [0.1, 0.15) is 17.2 Å². The summed E-state index contributed by atoms with van der Waals surface area (Å²) >= 11 is 0. The maximum atomic E-state index is 13.7. The molecule has 6 rings (SSSR count). The van der Waals surface area contributed by atoms with Gasteiger partial charge in [0, 0.05) is 0 Å². The number of hydrogen-bond acceptors (Lipinski definition) is 7. The monoisotopic (exact) mass is 654 g/mol. The summed E-state index contributed by atoms with van der Waals surface area (Å²) in [4.78, 5) is 0. The highest BCUT2D eigenvalue weighted by molar-refractivity contribution is 7.54. The van der Waals surface area contributed by atoms with Crippen LogP contribution in [0.4, 0.5) is 0 Å². The summed E-state index contributed by atoms with van der Waals surface area (Å²) in [5.41, 5.74) is 0.171. The molecule has 0 amide bonds. The Kier molecular flexibility index (Phi) is 13.1. The number of hydrogen-bond donors (Lipinski definition) is 0. The van der Waals surface area contributed by atoms with E-state index in [2.05, 4.69) is 0 Å². The first-order valence-electron chi connectivity index (χ1n) is 16.8. The van der Waals surface area contributed by atoms with Gasteiger partial charge in [0.05, 0.1) is 17.9 Å². The Morgan fingerprint density at radius 1 is 0.422 bits per heavy atom. The topological polar surface area (TPSA) is 80.3 Å². The maximum Gasteiger partial charge on any atom is 0.647 e. The molecule has 0 unspecified atom stereocenters. The van der Waals surface area contributed by atoms with E-state index >= 15 is 0 Å². The lowest BCUT2D eigenvalue weighted by molar-refractivity contribution is 0.0728. The molecule has 3 aromatic carbocycles. The van der Waals surface area contributed by atoms with Gasteiger partial charge in [-0.1, -0.05) is 112 Å². The summed E-state index contributed by atoms with van der Waals surface area (Å²) in [6, 6.07) is 26.4. The van der Waals surface area contributed by atoms with Crippen molar-refractivity contribution in [1.82, 2.24) is 0 Å². The van der Waals surface area contributed by atoms with Crippen molar-refractivity contribution >= 4 is 15.4 Å². The molecular weight excluding hydrogens is 606 g/mol. The lowest BCUT2D eigenvalue weighted by atomic mass is 9.98. The molecule has 244 valence electrons. The fourth-order valence-electron chi connectivity index (χ4n) is 6.24. The normalized spacial score (nSPS) is 18.8. The summed E-state index contributed by atoms with van der Waals surface area (Å²) in [5, 5.41) is 0. The third-order valence-electron chi connectivity index (χ3n) is 8.60. The van der Waals surface area contributed by atoms with Gasteiger partial charge in [0.15, 0.2) is 0 Å². The molecule has 9 heteroatoms. The molecule has 7 nitrogen and oxygen atoms in total. The largest absolute Gasteiger partial charge is 0.647 e. The van der Waals surface area contributed by atoms with E-state index in [4.69, 9.17) is 22.6 Å². The highest BCUT2D eigenvalue weighted by Crippen LogP contribution is 2.61. The first kappa shape index (κ1) is 33.8. The van der Waals surface area contributed by atoms with Crippen molar-refractivity contribution in [2.45, 2.75) is 114 Å². The van der Waals surface area contributed by atoms with Crippen LogP contribution in [0.3, 0.4) is 0 Å². The van der Waals surface area contributed by atoms with Crippen LogP contribution in [-0.2, 0) is 18.2 Å². The number of rotatable bonds is 11. The number of para-hydroxylation sites is 3. The van der Waals surface area contributed by atoms with E-state index in [-0.39, 0.29) is 17.9 Å². The van der Waals surface area contributed by atoms with Gasteiger partial charge in [-0.25, -0.2) is 0 Å². The second kappa shape index (κ2) is 17.4. The molecule has 0 N–H and O–H groups in total. The zero-order chi connectivity index (χ0) is 31.2. The summed E-state index contributed by atoms with van der Waals surface area (Å²) in [5.74, 6) is 1.22.